The molecule has 4 N–H and O–H groups in total. The number of hydrogen-bond acceptors (Lipinski definition) is 3. The Hall–Kier alpha value is -2.03. The van der Waals surface area contributed by atoms with Gasteiger partial charge in [-0.2, -0.15) is 0 Å². The first kappa shape index (κ1) is 20.0. The van der Waals surface area contributed by atoms with Crippen molar-refractivity contribution in [2.45, 2.75) is 20.3 Å². The molecule has 0 spiro atoms. The van der Waals surface area contributed by atoms with Gasteiger partial charge in [-0.1, -0.05) is 17.7 Å². The molecule has 0 unspecified atom stereocenters. The fourth-order valence-electron chi connectivity index (χ4n) is 1.99. The van der Waals surface area contributed by atoms with Crippen LogP contribution in [0.1, 0.15) is 28.1 Å². The number of nitrogens with two attached hydrogens (primary N) is 1. The van der Waals surface area contributed by atoms with Crippen LogP contribution in [0.4, 0.5) is 5.69 Å². The van der Waals surface area contributed by atoms with Crippen molar-refractivity contribution in [1.29, 1.82) is 0 Å². The van der Waals surface area contributed by atoms with Crippen LogP contribution >= 0.6 is 24.0 Å². The van der Waals surface area contributed by atoms with Crippen LogP contribution in [0.3, 0.4) is 0 Å². The summed E-state index contributed by atoms with van der Waals surface area (Å²) in [5.74, 6) is 0.512. The Balaban J connectivity index is 0.00000288. The zero-order valence-electron chi connectivity index (χ0n) is 13.8. The lowest BCUT2D eigenvalue weighted by Gasteiger charge is -2.06. The lowest BCUT2D eigenvalue weighted by atomic mass is 10.2. The van der Waals surface area contributed by atoms with E-state index in [1.54, 1.807) is 6.07 Å². The van der Waals surface area contributed by atoms with Gasteiger partial charge in [0.15, 0.2) is 11.7 Å². The van der Waals surface area contributed by atoms with E-state index in [2.05, 4.69) is 15.6 Å². The highest BCUT2D eigenvalue weighted by Gasteiger charge is 2.11. The Morgan fingerprint density at radius 1 is 1.21 bits per heavy atom. The van der Waals surface area contributed by atoms with Gasteiger partial charge >= 0.3 is 0 Å². The maximum atomic E-state index is 11.8. The summed E-state index contributed by atoms with van der Waals surface area (Å²) < 4.78 is 5.13. The van der Waals surface area contributed by atoms with Crippen LogP contribution in [0, 0.1) is 13.8 Å². The van der Waals surface area contributed by atoms with Gasteiger partial charge in [0.25, 0.3) is 5.91 Å². The average molecular weight is 442 g/mol. The number of furan rings is 1. The first-order valence-corrected chi connectivity index (χ1v) is 7.52. The number of benzene rings is 1. The zero-order valence-corrected chi connectivity index (χ0v) is 16.2. The van der Waals surface area contributed by atoms with Crippen molar-refractivity contribution in [3.63, 3.8) is 0 Å². The summed E-state index contributed by atoms with van der Waals surface area (Å²) >= 11 is 0. The molecule has 0 aliphatic carbocycles. The van der Waals surface area contributed by atoms with Crippen molar-refractivity contribution in [3.8, 4) is 0 Å². The molecule has 2 aromatic rings. The molecule has 2 rings (SSSR count). The number of halogens is 1. The SMILES string of the molecule is Cc1ccc(NC(N)=NCCCNC(=O)c2occc2C)cc1.I. The van der Waals surface area contributed by atoms with Crippen molar-refractivity contribution in [3.05, 3.63) is 53.5 Å². The Morgan fingerprint density at radius 2 is 1.92 bits per heavy atom. The van der Waals surface area contributed by atoms with Gasteiger partial charge in [-0.3, -0.25) is 9.79 Å². The molecular formula is C17H23IN4O2. The fraction of sp³-hybridized carbons (Fsp3) is 0.294. The van der Waals surface area contributed by atoms with Crippen LogP contribution in [0.15, 0.2) is 46.0 Å². The summed E-state index contributed by atoms with van der Waals surface area (Å²) in [7, 11) is 0. The second-order valence-electron chi connectivity index (χ2n) is 5.30. The number of hydrogen-bond donors (Lipinski definition) is 3. The monoisotopic (exact) mass is 442 g/mol. The van der Waals surface area contributed by atoms with Gasteiger partial charge in [0.1, 0.15) is 0 Å². The summed E-state index contributed by atoms with van der Waals surface area (Å²) in [5, 5.41) is 5.82. The average Bonchev–Trinajstić information content (AvgIpc) is 2.95. The van der Waals surface area contributed by atoms with Gasteiger partial charge in [-0.25, -0.2) is 0 Å². The van der Waals surface area contributed by atoms with Crippen LogP contribution in [-0.2, 0) is 0 Å². The van der Waals surface area contributed by atoms with Crippen molar-refractivity contribution in [2.24, 2.45) is 10.7 Å². The quantitative estimate of drug-likeness (QED) is 0.278. The number of carbonyl (C=O) groups is 1. The lowest BCUT2D eigenvalue weighted by Crippen LogP contribution is -2.26. The Morgan fingerprint density at radius 3 is 2.54 bits per heavy atom. The molecule has 0 aliphatic heterocycles. The first-order chi connectivity index (χ1) is 11.1. The smallest absolute Gasteiger partial charge is 0.287 e. The minimum atomic E-state index is -0.206. The Bertz CT molecular complexity index is 680. The highest BCUT2D eigenvalue weighted by molar-refractivity contribution is 14.0. The van der Waals surface area contributed by atoms with E-state index in [1.165, 1.54) is 11.8 Å². The lowest BCUT2D eigenvalue weighted by molar-refractivity contribution is 0.0925. The number of anilines is 1. The third-order valence-electron chi connectivity index (χ3n) is 3.29. The van der Waals surface area contributed by atoms with Gasteiger partial charge in [0, 0.05) is 24.3 Å². The molecule has 0 radical (unpaired) electrons. The zero-order chi connectivity index (χ0) is 16.7. The van der Waals surface area contributed by atoms with Crippen LogP contribution in [0.5, 0.6) is 0 Å². The molecule has 0 saturated carbocycles. The largest absolute Gasteiger partial charge is 0.459 e. The minimum absolute atomic E-state index is 0. The van der Waals surface area contributed by atoms with Gasteiger partial charge in [0.2, 0.25) is 0 Å². The Labute approximate surface area is 158 Å². The molecule has 6 nitrogen and oxygen atoms in total. The highest BCUT2D eigenvalue weighted by Crippen LogP contribution is 2.08. The second-order valence-corrected chi connectivity index (χ2v) is 5.30. The van der Waals surface area contributed by atoms with E-state index < -0.39 is 0 Å². The molecular weight excluding hydrogens is 419 g/mol. The maximum Gasteiger partial charge on any atom is 0.287 e. The topological polar surface area (TPSA) is 92.6 Å². The van der Waals surface area contributed by atoms with Gasteiger partial charge in [0.05, 0.1) is 6.26 Å². The third kappa shape index (κ3) is 6.23. The number of amides is 1. The molecule has 1 aromatic heterocycles. The summed E-state index contributed by atoms with van der Waals surface area (Å²) in [6.45, 7) is 4.91. The molecule has 7 heteroatoms. The summed E-state index contributed by atoms with van der Waals surface area (Å²) in [5.41, 5.74) is 8.74. The standard InChI is InChI=1S/C17H22N4O2.HI/c1-12-4-6-14(7-5-12)21-17(18)20-10-3-9-19-16(22)15-13(2)8-11-23-15;/h4-8,11H,3,9-10H2,1-2H3,(H,19,22)(H3,18,20,21);1H. The van der Waals surface area contributed by atoms with E-state index in [4.69, 9.17) is 10.2 Å². The van der Waals surface area contributed by atoms with Gasteiger partial charge < -0.3 is 20.8 Å². The van der Waals surface area contributed by atoms with E-state index in [-0.39, 0.29) is 29.9 Å². The summed E-state index contributed by atoms with van der Waals surface area (Å²) in [6.07, 6.45) is 2.20. The number of rotatable bonds is 6. The molecule has 1 heterocycles. The fourth-order valence-corrected chi connectivity index (χ4v) is 1.99. The van der Waals surface area contributed by atoms with Crippen LogP contribution < -0.4 is 16.4 Å². The summed E-state index contributed by atoms with van der Waals surface area (Å²) in [6, 6.07) is 9.66. The molecule has 0 atom stereocenters. The van der Waals surface area contributed by atoms with E-state index in [0.29, 0.717) is 31.2 Å². The van der Waals surface area contributed by atoms with Crippen molar-refractivity contribution in [2.75, 3.05) is 18.4 Å². The van der Waals surface area contributed by atoms with E-state index in [0.717, 1.165) is 11.3 Å². The first-order valence-electron chi connectivity index (χ1n) is 7.52. The molecule has 1 aromatic carbocycles. The van der Waals surface area contributed by atoms with Crippen LogP contribution in [0.2, 0.25) is 0 Å². The molecule has 0 saturated heterocycles. The molecule has 0 aliphatic rings. The van der Waals surface area contributed by atoms with Gasteiger partial charge in [-0.05, 0) is 38.5 Å². The molecule has 1 amide bonds. The second kappa shape index (κ2) is 9.96. The van der Waals surface area contributed by atoms with Crippen LogP contribution in [0.25, 0.3) is 0 Å². The van der Waals surface area contributed by atoms with Crippen LogP contribution in [-0.4, -0.2) is 25.0 Å². The van der Waals surface area contributed by atoms with Crippen molar-refractivity contribution >= 4 is 41.5 Å². The summed E-state index contributed by atoms with van der Waals surface area (Å²) in [4.78, 5) is 16.0. The minimum Gasteiger partial charge on any atom is -0.459 e. The van der Waals surface area contributed by atoms with E-state index in [1.807, 2.05) is 38.1 Å². The number of aliphatic imine (C=N–C) groups is 1. The number of aryl methyl sites for hydroxylation is 2. The highest BCUT2D eigenvalue weighted by atomic mass is 127. The van der Waals surface area contributed by atoms with Crippen molar-refractivity contribution < 1.29 is 9.21 Å². The normalized spacial score (nSPS) is 10.8. The number of guanidine groups is 1. The third-order valence-corrected chi connectivity index (χ3v) is 3.29. The number of nitrogens with one attached hydrogen (secondary N) is 2. The Kier molecular flexibility index (Phi) is 8.31. The number of nitrogens with zero attached hydrogens (tertiary/aromatic N) is 1. The molecule has 24 heavy (non-hydrogen) atoms. The van der Waals surface area contributed by atoms with Gasteiger partial charge in [-0.15, -0.1) is 24.0 Å². The predicted molar refractivity (Wildman–Crippen MR) is 107 cm³/mol. The maximum absolute atomic E-state index is 11.8. The molecule has 0 fully saturated rings. The molecule has 130 valence electrons. The van der Waals surface area contributed by atoms with E-state index in [9.17, 15) is 4.79 Å². The number of carbonyl (C=O) groups excluding carboxylic acids is 1. The predicted octanol–water partition coefficient (Wildman–Crippen LogP) is 3.06. The van der Waals surface area contributed by atoms with E-state index >= 15 is 0 Å². The van der Waals surface area contributed by atoms with Crippen molar-refractivity contribution in [1.82, 2.24) is 5.32 Å². The molecule has 0 bridgehead atoms.